The van der Waals surface area contributed by atoms with E-state index in [1.54, 1.807) is 13.8 Å². The summed E-state index contributed by atoms with van der Waals surface area (Å²) in [5, 5.41) is 9.39. The van der Waals surface area contributed by atoms with Crippen molar-refractivity contribution in [3.8, 4) is 0 Å². The summed E-state index contributed by atoms with van der Waals surface area (Å²) in [4.78, 5) is 0. The van der Waals surface area contributed by atoms with Gasteiger partial charge >= 0.3 is 0 Å². The first kappa shape index (κ1) is 7.73. The summed E-state index contributed by atoms with van der Waals surface area (Å²) in [5.41, 5.74) is -0.00428. The van der Waals surface area contributed by atoms with Crippen molar-refractivity contribution in [2.45, 2.75) is 38.7 Å². The molecule has 10 heavy (non-hydrogen) atoms. The first-order chi connectivity index (χ1) is 4.51. The number of allylic oxidation sites excluding steroid dienone is 1. The van der Waals surface area contributed by atoms with Crippen LogP contribution < -0.4 is 0 Å². The minimum atomic E-state index is -0.802. The molecule has 1 aliphatic rings. The molecule has 0 saturated carbocycles. The fraction of sp³-hybridized carbons (Fsp3) is 0.750. The van der Waals surface area contributed by atoms with Crippen molar-refractivity contribution >= 4 is 0 Å². The molecule has 1 rings (SSSR count). The first-order valence-electron chi connectivity index (χ1n) is 3.58. The van der Waals surface area contributed by atoms with Gasteiger partial charge in [-0.1, -0.05) is 0 Å². The van der Waals surface area contributed by atoms with Gasteiger partial charge in [0.25, 0.3) is 0 Å². The Balaban J connectivity index is 2.72. The van der Waals surface area contributed by atoms with Crippen LogP contribution in [0.15, 0.2) is 11.4 Å². The molecule has 1 atom stereocenters. The molecule has 1 aliphatic carbocycles. The Bertz CT molecular complexity index is 170. The Morgan fingerprint density at radius 3 is 2.60 bits per heavy atom. The molecule has 0 saturated heterocycles. The lowest BCUT2D eigenvalue weighted by Gasteiger charge is -2.27. The van der Waals surface area contributed by atoms with Crippen LogP contribution in [0.25, 0.3) is 0 Å². The monoisotopic (exact) mass is 144 g/mol. The van der Waals surface area contributed by atoms with E-state index < -0.39 is 5.60 Å². The molecule has 1 nitrogen and oxygen atoms in total. The molecule has 0 bridgehead atoms. The minimum absolute atomic E-state index is 0.128. The smallest absolute Gasteiger partial charge is 0.102 e. The van der Waals surface area contributed by atoms with Crippen molar-refractivity contribution < 1.29 is 9.50 Å². The van der Waals surface area contributed by atoms with E-state index in [4.69, 9.17) is 0 Å². The second-order valence-electron chi connectivity index (χ2n) is 3.36. The molecule has 0 amide bonds. The number of aliphatic hydroxyl groups is 1. The van der Waals surface area contributed by atoms with Gasteiger partial charge in [0, 0.05) is 6.42 Å². The summed E-state index contributed by atoms with van der Waals surface area (Å²) in [6.45, 7) is 3.46. The quantitative estimate of drug-likeness (QED) is 0.552. The molecular weight excluding hydrogens is 131 g/mol. The van der Waals surface area contributed by atoms with E-state index in [1.165, 1.54) is 0 Å². The number of rotatable bonds is 0. The highest BCUT2D eigenvalue weighted by Crippen LogP contribution is 2.32. The van der Waals surface area contributed by atoms with Gasteiger partial charge in [0.05, 0.1) is 5.60 Å². The number of halogens is 1. The van der Waals surface area contributed by atoms with E-state index in [-0.39, 0.29) is 12.2 Å². The van der Waals surface area contributed by atoms with Gasteiger partial charge in [0.2, 0.25) is 0 Å². The van der Waals surface area contributed by atoms with Crippen LogP contribution in [-0.2, 0) is 0 Å². The molecule has 0 aromatic heterocycles. The third-order valence-corrected chi connectivity index (χ3v) is 2.04. The molecule has 1 N–H and O–H groups in total. The Hall–Kier alpha value is -0.370. The maximum absolute atomic E-state index is 12.8. The van der Waals surface area contributed by atoms with Gasteiger partial charge in [-0.25, -0.2) is 4.39 Å². The largest absolute Gasteiger partial charge is 0.390 e. The average molecular weight is 144 g/mol. The highest BCUT2D eigenvalue weighted by atomic mass is 19.1. The van der Waals surface area contributed by atoms with Crippen molar-refractivity contribution in [3.05, 3.63) is 11.4 Å². The van der Waals surface area contributed by atoms with Crippen molar-refractivity contribution in [3.63, 3.8) is 0 Å². The van der Waals surface area contributed by atoms with Crippen LogP contribution >= 0.6 is 0 Å². The predicted octanol–water partition coefficient (Wildman–Crippen LogP) is 2.16. The van der Waals surface area contributed by atoms with Gasteiger partial charge in [-0.2, -0.15) is 0 Å². The Labute approximate surface area is 60.6 Å². The Morgan fingerprint density at radius 2 is 2.20 bits per heavy atom. The molecule has 0 aliphatic heterocycles. The average Bonchev–Trinajstić information content (AvgIpc) is 1.79. The minimum Gasteiger partial charge on any atom is -0.390 e. The van der Waals surface area contributed by atoms with Crippen LogP contribution in [0.2, 0.25) is 0 Å². The molecule has 0 radical (unpaired) electrons. The summed E-state index contributed by atoms with van der Waals surface area (Å²) in [6, 6.07) is 0. The lowest BCUT2D eigenvalue weighted by molar-refractivity contribution is 0.0393. The molecule has 2 heteroatoms. The van der Waals surface area contributed by atoms with E-state index in [0.717, 1.165) is 5.57 Å². The van der Waals surface area contributed by atoms with Crippen molar-refractivity contribution in [1.29, 1.82) is 0 Å². The van der Waals surface area contributed by atoms with Gasteiger partial charge in [-0.3, -0.25) is 0 Å². The number of hydrogen-bond donors (Lipinski definition) is 1. The van der Waals surface area contributed by atoms with E-state index in [9.17, 15) is 9.50 Å². The second kappa shape index (κ2) is 2.35. The standard InChI is InChI=1S/C8H13FO/c1-6-3-4-8(2,10)5-7(6)9/h10H,3-5H2,1-2H3. The lowest BCUT2D eigenvalue weighted by atomic mass is 9.87. The lowest BCUT2D eigenvalue weighted by Crippen LogP contribution is -2.27. The van der Waals surface area contributed by atoms with Crippen LogP contribution in [-0.4, -0.2) is 10.7 Å². The summed E-state index contributed by atoms with van der Waals surface area (Å²) in [5.74, 6) is -0.128. The van der Waals surface area contributed by atoms with Crippen LogP contribution in [0.1, 0.15) is 33.1 Å². The summed E-state index contributed by atoms with van der Waals surface area (Å²) in [7, 11) is 0. The van der Waals surface area contributed by atoms with E-state index >= 15 is 0 Å². The molecule has 58 valence electrons. The van der Waals surface area contributed by atoms with Gasteiger partial charge in [0.1, 0.15) is 5.83 Å². The summed E-state index contributed by atoms with van der Waals surface area (Å²) >= 11 is 0. The molecule has 0 heterocycles. The SMILES string of the molecule is CC1=C(F)CC(C)(O)CC1. The van der Waals surface area contributed by atoms with Crippen molar-refractivity contribution in [2.75, 3.05) is 0 Å². The zero-order valence-electron chi connectivity index (χ0n) is 6.45. The second-order valence-corrected chi connectivity index (χ2v) is 3.36. The molecule has 1 unspecified atom stereocenters. The van der Waals surface area contributed by atoms with Crippen molar-refractivity contribution in [1.82, 2.24) is 0 Å². The summed E-state index contributed by atoms with van der Waals surface area (Å²) < 4.78 is 12.8. The normalized spacial score (nSPS) is 34.8. The highest BCUT2D eigenvalue weighted by molar-refractivity contribution is 5.12. The van der Waals surface area contributed by atoms with Crippen LogP contribution in [0.4, 0.5) is 4.39 Å². The summed E-state index contributed by atoms with van der Waals surface area (Å²) in [6.07, 6.45) is 1.57. The molecule has 0 spiro atoms. The maximum atomic E-state index is 12.8. The van der Waals surface area contributed by atoms with Gasteiger partial charge in [-0.15, -0.1) is 0 Å². The fourth-order valence-electron chi connectivity index (χ4n) is 1.17. The predicted molar refractivity (Wildman–Crippen MR) is 38.3 cm³/mol. The topological polar surface area (TPSA) is 20.2 Å². The Kier molecular flexibility index (Phi) is 1.82. The third-order valence-electron chi connectivity index (χ3n) is 2.04. The van der Waals surface area contributed by atoms with E-state index in [1.807, 2.05) is 0 Å². The molecular formula is C8H13FO. The van der Waals surface area contributed by atoms with E-state index in [0.29, 0.717) is 12.8 Å². The zero-order valence-corrected chi connectivity index (χ0v) is 6.45. The van der Waals surface area contributed by atoms with Crippen LogP contribution in [0, 0.1) is 0 Å². The van der Waals surface area contributed by atoms with Gasteiger partial charge in [0.15, 0.2) is 0 Å². The zero-order chi connectivity index (χ0) is 7.78. The Morgan fingerprint density at radius 1 is 1.60 bits per heavy atom. The van der Waals surface area contributed by atoms with Crippen molar-refractivity contribution in [2.24, 2.45) is 0 Å². The highest BCUT2D eigenvalue weighted by Gasteiger charge is 2.27. The van der Waals surface area contributed by atoms with Crippen LogP contribution in [0.5, 0.6) is 0 Å². The maximum Gasteiger partial charge on any atom is 0.102 e. The third kappa shape index (κ3) is 1.57. The van der Waals surface area contributed by atoms with E-state index in [2.05, 4.69) is 0 Å². The van der Waals surface area contributed by atoms with Gasteiger partial charge < -0.3 is 5.11 Å². The first-order valence-corrected chi connectivity index (χ1v) is 3.58. The molecule has 0 aromatic carbocycles. The van der Waals surface area contributed by atoms with Crippen LogP contribution in [0.3, 0.4) is 0 Å². The van der Waals surface area contributed by atoms with Gasteiger partial charge in [-0.05, 0) is 32.3 Å². The fourth-order valence-corrected chi connectivity index (χ4v) is 1.17. The number of hydrogen-bond acceptors (Lipinski definition) is 1. The molecule has 0 fully saturated rings. The molecule has 0 aromatic rings.